The zero-order chi connectivity index (χ0) is 23.0. The van der Waals surface area contributed by atoms with E-state index in [1.165, 1.54) is 44.9 Å². The van der Waals surface area contributed by atoms with Crippen LogP contribution >= 0.6 is 24.8 Å². The molecular weight excluding hydrogens is 473 g/mol. The van der Waals surface area contributed by atoms with Gasteiger partial charge in [0, 0.05) is 24.8 Å². The van der Waals surface area contributed by atoms with E-state index < -0.39 is 6.09 Å². The van der Waals surface area contributed by atoms with Crippen molar-refractivity contribution in [2.24, 2.45) is 0 Å². The van der Waals surface area contributed by atoms with Crippen molar-refractivity contribution in [3.8, 4) is 5.75 Å². The van der Waals surface area contributed by atoms with Crippen LogP contribution in [0.4, 0.5) is 10.5 Å². The Kier molecular flexibility index (Phi) is 19.3. The maximum atomic E-state index is 12.7. The Morgan fingerprint density at radius 1 is 1.03 bits per heavy atom. The van der Waals surface area contributed by atoms with E-state index in [2.05, 4.69) is 35.9 Å². The van der Waals surface area contributed by atoms with Crippen molar-refractivity contribution < 1.29 is 14.3 Å². The van der Waals surface area contributed by atoms with E-state index in [1.807, 2.05) is 24.3 Å². The summed E-state index contributed by atoms with van der Waals surface area (Å²) >= 11 is 0. The molecule has 1 unspecified atom stereocenters. The standard InChI is InChI=1S/C26H45N3O3.2ClH/c1-4-7-8-9-13-19-31-24-16-14-15-23(20-24)27-26(30)32-25(21-28(5-2)6-3)22-29-17-11-10-12-18-29;;/h14-16,20,25H,4-13,17-19,21-22H2,1-3H3,(H,27,30);2*1H. The lowest BCUT2D eigenvalue weighted by molar-refractivity contribution is 0.0503. The number of rotatable bonds is 15. The Hall–Kier alpha value is -1.21. The number of halogens is 2. The van der Waals surface area contributed by atoms with Crippen LogP contribution in [0, 0.1) is 0 Å². The molecule has 0 aromatic heterocycles. The highest BCUT2D eigenvalue weighted by Gasteiger charge is 2.22. The summed E-state index contributed by atoms with van der Waals surface area (Å²) in [5.74, 6) is 0.784. The number of likely N-dealkylation sites (N-methyl/N-ethyl adjacent to an activating group) is 1. The Labute approximate surface area is 219 Å². The Morgan fingerprint density at radius 2 is 1.74 bits per heavy atom. The molecule has 0 saturated carbocycles. The molecule has 0 spiro atoms. The van der Waals surface area contributed by atoms with E-state index in [-0.39, 0.29) is 30.9 Å². The first-order valence-corrected chi connectivity index (χ1v) is 12.8. The molecule has 2 rings (SSSR count). The number of anilines is 1. The van der Waals surface area contributed by atoms with Crippen LogP contribution in [-0.4, -0.2) is 67.9 Å². The van der Waals surface area contributed by atoms with Gasteiger partial charge in [-0.15, -0.1) is 24.8 Å². The molecule has 1 heterocycles. The van der Waals surface area contributed by atoms with Crippen molar-refractivity contribution >= 4 is 36.6 Å². The Balaban J connectivity index is 0.00000544. The molecule has 6 nitrogen and oxygen atoms in total. The zero-order valence-corrected chi connectivity index (χ0v) is 23.1. The first-order chi connectivity index (χ1) is 15.6. The molecule has 8 heteroatoms. The van der Waals surface area contributed by atoms with E-state index in [4.69, 9.17) is 9.47 Å². The van der Waals surface area contributed by atoms with E-state index in [0.29, 0.717) is 12.3 Å². The van der Waals surface area contributed by atoms with Crippen LogP contribution in [0.2, 0.25) is 0 Å². The summed E-state index contributed by atoms with van der Waals surface area (Å²) in [4.78, 5) is 17.4. The van der Waals surface area contributed by atoms with Gasteiger partial charge < -0.3 is 14.4 Å². The molecule has 1 saturated heterocycles. The first kappa shape index (κ1) is 32.8. The molecule has 1 aromatic carbocycles. The highest BCUT2D eigenvalue weighted by molar-refractivity contribution is 5.86. The summed E-state index contributed by atoms with van der Waals surface area (Å²) in [6.45, 7) is 12.9. The summed E-state index contributed by atoms with van der Waals surface area (Å²) in [5, 5.41) is 2.90. The number of carbonyl (C=O) groups is 1. The Morgan fingerprint density at radius 3 is 2.41 bits per heavy atom. The number of benzene rings is 1. The second kappa shape index (κ2) is 20.0. The van der Waals surface area contributed by atoms with Gasteiger partial charge in [-0.25, -0.2) is 4.79 Å². The highest BCUT2D eigenvalue weighted by Crippen LogP contribution is 2.19. The molecule has 1 aromatic rings. The smallest absolute Gasteiger partial charge is 0.411 e. The van der Waals surface area contributed by atoms with Crippen LogP contribution in [0.15, 0.2) is 24.3 Å². The molecule has 1 amide bonds. The molecule has 0 aliphatic carbocycles. The molecule has 34 heavy (non-hydrogen) atoms. The third kappa shape index (κ3) is 13.6. The topological polar surface area (TPSA) is 54.0 Å². The summed E-state index contributed by atoms with van der Waals surface area (Å²) in [6, 6.07) is 7.59. The minimum absolute atomic E-state index is 0. The number of hydrogen-bond acceptors (Lipinski definition) is 5. The first-order valence-electron chi connectivity index (χ1n) is 12.8. The number of nitrogens with one attached hydrogen (secondary N) is 1. The van der Waals surface area contributed by atoms with Gasteiger partial charge in [-0.05, 0) is 57.6 Å². The third-order valence-corrected chi connectivity index (χ3v) is 6.14. The van der Waals surface area contributed by atoms with Gasteiger partial charge in [0.25, 0.3) is 0 Å². The van der Waals surface area contributed by atoms with Crippen molar-refractivity contribution in [1.29, 1.82) is 0 Å². The number of likely N-dealkylation sites (tertiary alicyclic amines) is 1. The van der Waals surface area contributed by atoms with Gasteiger partial charge in [0.15, 0.2) is 0 Å². The summed E-state index contributed by atoms with van der Waals surface area (Å²) in [7, 11) is 0. The lowest BCUT2D eigenvalue weighted by Gasteiger charge is -2.32. The molecule has 0 radical (unpaired) electrons. The molecular formula is C26H47Cl2N3O3. The predicted octanol–water partition coefficient (Wildman–Crippen LogP) is 6.62. The minimum Gasteiger partial charge on any atom is -0.494 e. The minimum atomic E-state index is -0.393. The normalized spacial score (nSPS) is 14.6. The molecule has 1 aliphatic rings. The quantitative estimate of drug-likeness (QED) is 0.263. The lowest BCUT2D eigenvalue weighted by atomic mass is 10.1. The molecule has 1 N–H and O–H groups in total. The SMILES string of the molecule is CCCCCCCOc1cccc(NC(=O)OC(CN(CC)CC)CN2CCCCC2)c1.Cl.Cl. The summed E-state index contributed by atoms with van der Waals surface area (Å²) in [5.41, 5.74) is 0.707. The van der Waals surface area contributed by atoms with Gasteiger partial charge in [-0.3, -0.25) is 10.2 Å². The van der Waals surface area contributed by atoms with Crippen LogP contribution in [0.25, 0.3) is 0 Å². The van der Waals surface area contributed by atoms with E-state index in [0.717, 1.165) is 51.4 Å². The fourth-order valence-electron chi connectivity index (χ4n) is 4.19. The third-order valence-electron chi connectivity index (χ3n) is 6.14. The number of amides is 1. The van der Waals surface area contributed by atoms with Crippen LogP contribution in [0.3, 0.4) is 0 Å². The largest absolute Gasteiger partial charge is 0.494 e. The number of unbranched alkanes of at least 4 members (excludes halogenated alkanes) is 4. The van der Waals surface area contributed by atoms with Gasteiger partial charge in [0.1, 0.15) is 11.9 Å². The second-order valence-electron chi connectivity index (χ2n) is 8.79. The summed E-state index contributed by atoms with van der Waals surface area (Å²) < 4.78 is 11.8. The summed E-state index contributed by atoms with van der Waals surface area (Å²) in [6.07, 6.45) is 9.28. The average Bonchev–Trinajstić information content (AvgIpc) is 2.80. The van der Waals surface area contributed by atoms with Crippen LogP contribution in [-0.2, 0) is 4.74 Å². The fourth-order valence-corrected chi connectivity index (χ4v) is 4.19. The van der Waals surface area contributed by atoms with Crippen molar-refractivity contribution in [3.05, 3.63) is 24.3 Å². The molecule has 198 valence electrons. The van der Waals surface area contributed by atoms with Gasteiger partial charge in [0.2, 0.25) is 0 Å². The predicted molar refractivity (Wildman–Crippen MR) is 147 cm³/mol. The second-order valence-corrected chi connectivity index (χ2v) is 8.79. The van der Waals surface area contributed by atoms with Crippen LogP contribution < -0.4 is 10.1 Å². The average molecular weight is 521 g/mol. The zero-order valence-electron chi connectivity index (χ0n) is 21.4. The Bertz CT molecular complexity index is 641. The molecule has 0 bridgehead atoms. The van der Waals surface area contributed by atoms with Crippen molar-refractivity contribution in [1.82, 2.24) is 9.80 Å². The van der Waals surface area contributed by atoms with Gasteiger partial charge >= 0.3 is 6.09 Å². The van der Waals surface area contributed by atoms with E-state index >= 15 is 0 Å². The fraction of sp³-hybridized carbons (Fsp3) is 0.731. The van der Waals surface area contributed by atoms with Gasteiger partial charge in [-0.1, -0.05) is 58.9 Å². The van der Waals surface area contributed by atoms with E-state index in [1.54, 1.807) is 0 Å². The lowest BCUT2D eigenvalue weighted by Crippen LogP contribution is -2.44. The van der Waals surface area contributed by atoms with Crippen LogP contribution in [0.1, 0.15) is 72.1 Å². The number of ether oxygens (including phenoxy) is 2. The maximum absolute atomic E-state index is 12.7. The monoisotopic (exact) mass is 519 g/mol. The number of piperidine rings is 1. The van der Waals surface area contributed by atoms with Gasteiger partial charge in [0.05, 0.1) is 6.61 Å². The number of hydrogen-bond donors (Lipinski definition) is 1. The van der Waals surface area contributed by atoms with Crippen molar-refractivity contribution in [2.45, 2.75) is 78.2 Å². The number of nitrogens with zero attached hydrogens (tertiary/aromatic N) is 2. The van der Waals surface area contributed by atoms with Gasteiger partial charge in [-0.2, -0.15) is 0 Å². The highest BCUT2D eigenvalue weighted by atomic mass is 35.5. The van der Waals surface area contributed by atoms with E-state index in [9.17, 15) is 4.79 Å². The number of carbonyl (C=O) groups excluding carboxylic acids is 1. The van der Waals surface area contributed by atoms with Crippen molar-refractivity contribution in [3.63, 3.8) is 0 Å². The van der Waals surface area contributed by atoms with Crippen molar-refractivity contribution in [2.75, 3.05) is 51.2 Å². The van der Waals surface area contributed by atoms with Crippen LogP contribution in [0.5, 0.6) is 5.75 Å². The molecule has 1 atom stereocenters. The molecule has 1 fully saturated rings. The molecule has 1 aliphatic heterocycles. The maximum Gasteiger partial charge on any atom is 0.411 e.